The summed E-state index contributed by atoms with van der Waals surface area (Å²) in [4.78, 5) is 10.7. The summed E-state index contributed by atoms with van der Waals surface area (Å²) in [5.74, 6) is 2.51. The van der Waals surface area contributed by atoms with Crippen LogP contribution < -0.4 is 4.90 Å². The number of halogens is 2. The van der Waals surface area contributed by atoms with Gasteiger partial charge in [-0.05, 0) is 18.4 Å². The minimum absolute atomic E-state index is 0.226. The molecule has 2 aliphatic heterocycles. The number of hydrogen-bond acceptors (Lipinski definition) is 5. The monoisotopic (exact) mass is 294 g/mol. The number of anilines is 1. The van der Waals surface area contributed by atoms with Crippen molar-refractivity contribution in [3.8, 4) is 0 Å². The molecule has 0 aromatic carbocycles. The standard InChI is InChI=1S/C13H12ClFN4O/c14-5-11-17-13(18-20-11)12-7-3-9(12)19(6-7)10-4-8(15)1-2-16-10/h1-2,4,7,9,12H,3,5-6H2/t7-,9?,12-/m1/s1. The molecule has 0 spiro atoms. The van der Waals surface area contributed by atoms with E-state index in [0.717, 1.165) is 13.0 Å². The zero-order valence-corrected chi connectivity index (χ0v) is 11.3. The highest BCUT2D eigenvalue weighted by molar-refractivity contribution is 6.16. The van der Waals surface area contributed by atoms with E-state index in [2.05, 4.69) is 20.0 Å². The fourth-order valence-corrected chi connectivity index (χ4v) is 3.38. The van der Waals surface area contributed by atoms with E-state index >= 15 is 0 Å². The minimum Gasteiger partial charge on any atom is -0.352 e. The van der Waals surface area contributed by atoms with Crippen LogP contribution in [-0.2, 0) is 5.88 Å². The molecular formula is C13H12ClFN4O. The second-order valence-electron chi connectivity index (χ2n) is 5.25. The summed E-state index contributed by atoms with van der Waals surface area (Å²) < 4.78 is 18.4. The maximum absolute atomic E-state index is 13.3. The molecule has 104 valence electrons. The average molecular weight is 295 g/mol. The van der Waals surface area contributed by atoms with Crippen molar-refractivity contribution in [1.29, 1.82) is 0 Å². The predicted octanol–water partition coefficient (Wildman–Crippen LogP) is 2.33. The summed E-state index contributed by atoms with van der Waals surface area (Å²) >= 11 is 5.68. The molecule has 3 aliphatic rings. The van der Waals surface area contributed by atoms with Gasteiger partial charge < -0.3 is 9.42 Å². The van der Waals surface area contributed by atoms with Crippen LogP contribution in [-0.4, -0.2) is 27.7 Å². The summed E-state index contributed by atoms with van der Waals surface area (Å²) in [6, 6.07) is 3.10. The van der Waals surface area contributed by atoms with Crippen molar-refractivity contribution in [3.63, 3.8) is 0 Å². The molecule has 2 bridgehead atoms. The first-order valence-corrected chi connectivity index (χ1v) is 7.06. The van der Waals surface area contributed by atoms with Gasteiger partial charge in [-0.15, -0.1) is 11.6 Å². The van der Waals surface area contributed by atoms with Crippen molar-refractivity contribution in [2.45, 2.75) is 24.3 Å². The third kappa shape index (κ3) is 1.71. The van der Waals surface area contributed by atoms with Gasteiger partial charge in [0.2, 0.25) is 5.89 Å². The van der Waals surface area contributed by atoms with E-state index in [1.807, 2.05) is 0 Å². The number of rotatable bonds is 3. The lowest BCUT2D eigenvalue weighted by Crippen LogP contribution is -2.38. The molecule has 5 rings (SSSR count). The molecule has 5 nitrogen and oxygen atoms in total. The quantitative estimate of drug-likeness (QED) is 0.813. The molecule has 2 aromatic rings. The molecule has 0 amide bonds. The topological polar surface area (TPSA) is 55.1 Å². The van der Waals surface area contributed by atoms with Gasteiger partial charge in [0.1, 0.15) is 17.5 Å². The third-order valence-corrected chi connectivity index (χ3v) is 4.42. The summed E-state index contributed by atoms with van der Waals surface area (Å²) in [5.41, 5.74) is 0. The summed E-state index contributed by atoms with van der Waals surface area (Å²) in [5, 5.41) is 4.00. The van der Waals surface area contributed by atoms with E-state index in [1.165, 1.54) is 18.3 Å². The van der Waals surface area contributed by atoms with Gasteiger partial charge in [-0.2, -0.15) is 4.98 Å². The maximum Gasteiger partial charge on any atom is 0.241 e. The SMILES string of the molecule is Fc1ccnc(N2C[C@H]3CC2[C@@H]3c2noc(CCl)n2)c1. The fourth-order valence-electron chi connectivity index (χ4n) is 3.27. The van der Waals surface area contributed by atoms with Crippen molar-refractivity contribution in [3.05, 3.63) is 35.9 Å². The van der Waals surface area contributed by atoms with E-state index in [1.54, 1.807) is 0 Å². The number of pyridine rings is 1. The Bertz CT molecular complexity index is 649. The molecule has 20 heavy (non-hydrogen) atoms. The van der Waals surface area contributed by atoms with E-state index in [-0.39, 0.29) is 23.7 Å². The maximum atomic E-state index is 13.3. The van der Waals surface area contributed by atoms with Gasteiger partial charge in [0.25, 0.3) is 0 Å². The molecule has 3 atom stereocenters. The van der Waals surface area contributed by atoms with E-state index in [0.29, 0.717) is 23.5 Å². The highest BCUT2D eigenvalue weighted by atomic mass is 35.5. The highest BCUT2D eigenvalue weighted by Crippen LogP contribution is 2.52. The van der Waals surface area contributed by atoms with Crippen molar-refractivity contribution in [1.82, 2.24) is 15.1 Å². The lowest BCUT2D eigenvalue weighted by molar-refractivity contribution is 0.285. The number of nitrogens with zero attached hydrogens (tertiary/aromatic N) is 4. The summed E-state index contributed by atoms with van der Waals surface area (Å²) in [7, 11) is 0. The molecular weight excluding hydrogens is 283 g/mol. The van der Waals surface area contributed by atoms with Crippen molar-refractivity contribution in [2.24, 2.45) is 5.92 Å². The van der Waals surface area contributed by atoms with Crippen LogP contribution in [0.2, 0.25) is 0 Å². The first-order valence-electron chi connectivity index (χ1n) is 6.53. The second-order valence-corrected chi connectivity index (χ2v) is 5.52. The Labute approximate surface area is 119 Å². The summed E-state index contributed by atoms with van der Waals surface area (Å²) in [6.45, 7) is 0.858. The molecule has 0 radical (unpaired) electrons. The number of alkyl halides is 1. The summed E-state index contributed by atoms with van der Waals surface area (Å²) in [6.07, 6.45) is 2.56. The van der Waals surface area contributed by atoms with Gasteiger partial charge in [-0.1, -0.05) is 5.16 Å². The highest BCUT2D eigenvalue weighted by Gasteiger charge is 2.55. The van der Waals surface area contributed by atoms with Crippen LogP contribution in [0.4, 0.5) is 10.2 Å². The van der Waals surface area contributed by atoms with Crippen LogP contribution in [0.15, 0.2) is 22.9 Å². The molecule has 7 heteroatoms. The van der Waals surface area contributed by atoms with Gasteiger partial charge >= 0.3 is 0 Å². The molecule has 4 heterocycles. The molecule has 1 unspecified atom stereocenters. The zero-order valence-electron chi connectivity index (χ0n) is 10.5. The van der Waals surface area contributed by atoms with Gasteiger partial charge in [0.05, 0.1) is 0 Å². The number of hydrogen-bond donors (Lipinski definition) is 0. The van der Waals surface area contributed by atoms with Crippen LogP contribution in [0.25, 0.3) is 0 Å². The Balaban J connectivity index is 1.59. The van der Waals surface area contributed by atoms with Crippen LogP contribution in [0, 0.1) is 11.7 Å². The Hall–Kier alpha value is -1.69. The third-order valence-electron chi connectivity index (χ3n) is 4.20. The normalized spacial score (nSPS) is 27.7. The second kappa shape index (κ2) is 4.41. The lowest BCUT2D eigenvalue weighted by atomic mass is 9.73. The first-order chi connectivity index (χ1) is 9.76. The molecule has 1 aliphatic carbocycles. The van der Waals surface area contributed by atoms with Gasteiger partial charge in [-0.25, -0.2) is 9.37 Å². The van der Waals surface area contributed by atoms with Gasteiger partial charge in [0.15, 0.2) is 5.82 Å². The molecule has 3 fully saturated rings. The van der Waals surface area contributed by atoms with Crippen LogP contribution in [0.5, 0.6) is 0 Å². The van der Waals surface area contributed by atoms with Crippen molar-refractivity contribution >= 4 is 17.4 Å². The number of aromatic nitrogens is 3. The predicted molar refractivity (Wildman–Crippen MR) is 70.0 cm³/mol. The Kier molecular flexibility index (Phi) is 2.66. The van der Waals surface area contributed by atoms with Crippen LogP contribution >= 0.6 is 11.6 Å². The first kappa shape index (κ1) is 12.1. The molecule has 2 saturated heterocycles. The van der Waals surface area contributed by atoms with Crippen LogP contribution in [0.3, 0.4) is 0 Å². The fraction of sp³-hybridized carbons (Fsp3) is 0.462. The lowest BCUT2D eigenvalue weighted by Gasteiger charge is -2.34. The Morgan fingerprint density at radius 2 is 2.40 bits per heavy atom. The smallest absolute Gasteiger partial charge is 0.241 e. The van der Waals surface area contributed by atoms with E-state index < -0.39 is 0 Å². The van der Waals surface area contributed by atoms with Gasteiger partial charge in [-0.3, -0.25) is 0 Å². The zero-order chi connectivity index (χ0) is 13.7. The molecule has 1 saturated carbocycles. The van der Waals surface area contributed by atoms with E-state index in [4.69, 9.17) is 16.1 Å². The molecule has 0 N–H and O–H groups in total. The van der Waals surface area contributed by atoms with Gasteiger partial charge in [0, 0.05) is 30.8 Å². The van der Waals surface area contributed by atoms with Crippen molar-refractivity contribution in [2.75, 3.05) is 11.4 Å². The largest absolute Gasteiger partial charge is 0.352 e. The number of fused-ring (bicyclic) bond motifs is 1. The Morgan fingerprint density at radius 1 is 1.50 bits per heavy atom. The minimum atomic E-state index is -0.264. The van der Waals surface area contributed by atoms with Crippen LogP contribution in [0.1, 0.15) is 24.1 Å². The Morgan fingerprint density at radius 3 is 3.15 bits per heavy atom. The molecule has 2 aromatic heterocycles. The van der Waals surface area contributed by atoms with E-state index in [9.17, 15) is 4.39 Å². The van der Waals surface area contributed by atoms with Crippen molar-refractivity contribution < 1.29 is 8.91 Å². The average Bonchev–Trinajstić information content (AvgIpc) is 3.12.